The predicted octanol–water partition coefficient (Wildman–Crippen LogP) is 2.75. The molecule has 1 N–H and O–H groups in total. The summed E-state index contributed by atoms with van der Waals surface area (Å²) in [5.41, 5.74) is 2.90. The molecule has 0 atom stereocenters. The summed E-state index contributed by atoms with van der Waals surface area (Å²) < 4.78 is 5.40. The number of para-hydroxylation sites is 1. The van der Waals surface area contributed by atoms with E-state index in [4.69, 9.17) is 4.74 Å². The fourth-order valence-electron chi connectivity index (χ4n) is 1.56. The molecule has 0 bridgehead atoms. The van der Waals surface area contributed by atoms with Crippen molar-refractivity contribution in [3.8, 4) is 0 Å². The van der Waals surface area contributed by atoms with Crippen LogP contribution in [-0.2, 0) is 10.3 Å². The summed E-state index contributed by atoms with van der Waals surface area (Å²) in [6.45, 7) is 6.06. The third kappa shape index (κ3) is 1.63. The maximum atomic E-state index is 5.40. The first-order chi connectivity index (χ1) is 7.04. The van der Waals surface area contributed by atoms with E-state index in [0.29, 0.717) is 0 Å². The first-order valence-corrected chi connectivity index (χ1v) is 5.05. The lowest BCUT2D eigenvalue weighted by Gasteiger charge is -2.19. The molecule has 0 saturated heterocycles. The summed E-state index contributed by atoms with van der Waals surface area (Å²) in [6, 6.07) is 6.12. The van der Waals surface area contributed by atoms with Crippen LogP contribution in [0.4, 0.5) is 0 Å². The van der Waals surface area contributed by atoms with Gasteiger partial charge in [0.05, 0.1) is 11.0 Å². The van der Waals surface area contributed by atoms with E-state index in [2.05, 4.69) is 23.0 Å². The zero-order valence-electron chi connectivity index (χ0n) is 9.59. The van der Waals surface area contributed by atoms with Crippen molar-refractivity contribution in [3.63, 3.8) is 0 Å². The van der Waals surface area contributed by atoms with E-state index in [1.807, 2.05) is 26.0 Å². The van der Waals surface area contributed by atoms with Crippen LogP contribution in [0.2, 0.25) is 0 Å². The summed E-state index contributed by atoms with van der Waals surface area (Å²) in [6.07, 6.45) is 0. The number of aromatic nitrogens is 2. The number of aryl methyl sites for hydroxylation is 1. The number of hydrogen-bond acceptors (Lipinski definition) is 2. The van der Waals surface area contributed by atoms with Crippen LogP contribution in [0.1, 0.15) is 25.2 Å². The highest BCUT2D eigenvalue weighted by Gasteiger charge is 2.23. The van der Waals surface area contributed by atoms with Crippen LogP contribution in [0.5, 0.6) is 0 Å². The molecule has 2 aromatic rings. The maximum Gasteiger partial charge on any atom is 0.139 e. The van der Waals surface area contributed by atoms with Gasteiger partial charge in [-0.1, -0.05) is 12.1 Å². The zero-order valence-corrected chi connectivity index (χ0v) is 9.59. The number of rotatable bonds is 2. The molecule has 0 spiro atoms. The number of H-pyrrole nitrogens is 1. The second-order valence-electron chi connectivity index (χ2n) is 4.27. The van der Waals surface area contributed by atoms with Crippen LogP contribution in [0.15, 0.2) is 18.2 Å². The van der Waals surface area contributed by atoms with Crippen molar-refractivity contribution in [3.05, 3.63) is 29.6 Å². The fourth-order valence-corrected chi connectivity index (χ4v) is 1.56. The molecule has 1 aromatic carbocycles. The highest BCUT2D eigenvalue weighted by molar-refractivity contribution is 5.78. The van der Waals surface area contributed by atoms with Crippen molar-refractivity contribution in [2.75, 3.05) is 7.11 Å². The third-order valence-corrected chi connectivity index (χ3v) is 2.80. The van der Waals surface area contributed by atoms with Gasteiger partial charge in [0.25, 0.3) is 0 Å². The number of benzene rings is 1. The second kappa shape index (κ2) is 3.35. The van der Waals surface area contributed by atoms with Crippen molar-refractivity contribution in [1.82, 2.24) is 9.97 Å². The average Bonchev–Trinajstić information content (AvgIpc) is 2.64. The Kier molecular flexibility index (Phi) is 2.27. The topological polar surface area (TPSA) is 37.9 Å². The molecule has 2 rings (SSSR count). The van der Waals surface area contributed by atoms with Crippen LogP contribution in [0, 0.1) is 6.92 Å². The second-order valence-corrected chi connectivity index (χ2v) is 4.27. The number of hydrogen-bond donors (Lipinski definition) is 1. The van der Waals surface area contributed by atoms with E-state index in [1.54, 1.807) is 7.11 Å². The van der Waals surface area contributed by atoms with Crippen molar-refractivity contribution in [2.24, 2.45) is 0 Å². The molecule has 0 aliphatic carbocycles. The molecule has 1 heterocycles. The van der Waals surface area contributed by atoms with E-state index < -0.39 is 0 Å². The van der Waals surface area contributed by atoms with Crippen LogP contribution < -0.4 is 0 Å². The van der Waals surface area contributed by atoms with Crippen molar-refractivity contribution >= 4 is 11.0 Å². The quantitative estimate of drug-likeness (QED) is 0.816. The van der Waals surface area contributed by atoms with Crippen LogP contribution in [0.25, 0.3) is 11.0 Å². The van der Waals surface area contributed by atoms with Crippen molar-refractivity contribution < 1.29 is 4.74 Å². The summed E-state index contributed by atoms with van der Waals surface area (Å²) >= 11 is 0. The number of ether oxygens (including phenoxy) is 1. The first kappa shape index (κ1) is 10.2. The third-order valence-electron chi connectivity index (χ3n) is 2.80. The minimum Gasteiger partial charge on any atom is -0.371 e. The van der Waals surface area contributed by atoms with Gasteiger partial charge in [0, 0.05) is 7.11 Å². The van der Waals surface area contributed by atoms with Gasteiger partial charge >= 0.3 is 0 Å². The van der Waals surface area contributed by atoms with E-state index in [-0.39, 0.29) is 5.60 Å². The molecule has 1 aromatic heterocycles. The Hall–Kier alpha value is -1.35. The van der Waals surface area contributed by atoms with Gasteiger partial charge in [-0.2, -0.15) is 0 Å². The number of nitrogens with one attached hydrogen (secondary N) is 1. The van der Waals surface area contributed by atoms with Gasteiger partial charge in [-0.25, -0.2) is 4.98 Å². The highest BCUT2D eigenvalue weighted by Crippen LogP contribution is 2.24. The molecule has 0 aliphatic rings. The molecular formula is C12H16N2O. The number of nitrogens with zero attached hydrogens (tertiary/aromatic N) is 1. The van der Waals surface area contributed by atoms with Gasteiger partial charge in [0.15, 0.2) is 0 Å². The summed E-state index contributed by atoms with van der Waals surface area (Å²) in [7, 11) is 1.69. The summed E-state index contributed by atoms with van der Waals surface area (Å²) in [5.74, 6) is 0.870. The van der Waals surface area contributed by atoms with Gasteiger partial charge in [-0.15, -0.1) is 0 Å². The smallest absolute Gasteiger partial charge is 0.139 e. The van der Waals surface area contributed by atoms with Gasteiger partial charge < -0.3 is 9.72 Å². The number of fused-ring (bicyclic) bond motifs is 1. The molecular weight excluding hydrogens is 188 g/mol. The maximum absolute atomic E-state index is 5.40. The minimum atomic E-state index is -0.370. The number of imidazole rings is 1. The molecule has 0 amide bonds. The lowest BCUT2D eigenvalue weighted by Crippen LogP contribution is -2.21. The molecule has 80 valence electrons. The average molecular weight is 204 g/mol. The summed E-state index contributed by atoms with van der Waals surface area (Å²) in [4.78, 5) is 7.87. The molecule has 0 fully saturated rings. The standard InChI is InChI=1S/C12H16N2O/c1-8-6-5-7-9-10(8)14-11(13-9)12(2,3)15-4/h5-7H,1-4H3,(H,13,14). The predicted molar refractivity (Wildman–Crippen MR) is 60.9 cm³/mol. The highest BCUT2D eigenvalue weighted by atomic mass is 16.5. The molecule has 15 heavy (non-hydrogen) atoms. The molecule has 3 nitrogen and oxygen atoms in total. The zero-order chi connectivity index (χ0) is 11.1. The van der Waals surface area contributed by atoms with Crippen LogP contribution in [-0.4, -0.2) is 17.1 Å². The van der Waals surface area contributed by atoms with Gasteiger partial charge in [0.2, 0.25) is 0 Å². The number of aromatic amines is 1. The van der Waals surface area contributed by atoms with E-state index in [0.717, 1.165) is 16.9 Å². The monoisotopic (exact) mass is 204 g/mol. The van der Waals surface area contributed by atoms with Gasteiger partial charge in [-0.05, 0) is 32.4 Å². The lowest BCUT2D eigenvalue weighted by atomic mass is 10.1. The minimum absolute atomic E-state index is 0.370. The Morgan fingerprint density at radius 1 is 1.33 bits per heavy atom. The van der Waals surface area contributed by atoms with E-state index in [9.17, 15) is 0 Å². The summed E-state index contributed by atoms with van der Waals surface area (Å²) in [5, 5.41) is 0. The van der Waals surface area contributed by atoms with Gasteiger partial charge in [-0.3, -0.25) is 0 Å². The van der Waals surface area contributed by atoms with Crippen molar-refractivity contribution in [1.29, 1.82) is 0 Å². The Balaban J connectivity index is 2.62. The largest absolute Gasteiger partial charge is 0.371 e. The van der Waals surface area contributed by atoms with E-state index in [1.165, 1.54) is 5.56 Å². The molecule has 3 heteroatoms. The number of methoxy groups -OCH3 is 1. The Bertz CT molecular complexity index is 485. The Labute approximate surface area is 89.5 Å². The van der Waals surface area contributed by atoms with Crippen molar-refractivity contribution in [2.45, 2.75) is 26.4 Å². The normalized spacial score (nSPS) is 12.3. The molecule has 0 saturated carbocycles. The van der Waals surface area contributed by atoms with Crippen LogP contribution in [0.3, 0.4) is 0 Å². The SMILES string of the molecule is COC(C)(C)c1nc2c(C)cccc2[nH]1. The molecule has 0 aliphatic heterocycles. The Morgan fingerprint density at radius 3 is 2.67 bits per heavy atom. The fraction of sp³-hybridized carbons (Fsp3) is 0.417. The van der Waals surface area contributed by atoms with E-state index >= 15 is 0 Å². The molecule has 0 unspecified atom stereocenters. The van der Waals surface area contributed by atoms with Gasteiger partial charge in [0.1, 0.15) is 11.4 Å². The Morgan fingerprint density at radius 2 is 2.07 bits per heavy atom. The van der Waals surface area contributed by atoms with Crippen LogP contribution >= 0.6 is 0 Å². The first-order valence-electron chi connectivity index (χ1n) is 5.05. The molecule has 0 radical (unpaired) electrons. The lowest BCUT2D eigenvalue weighted by molar-refractivity contribution is 0.0124.